The fourth-order valence-electron chi connectivity index (χ4n) is 7.36. The van der Waals surface area contributed by atoms with E-state index in [4.69, 9.17) is 15.0 Å². The molecule has 248 valence electrons. The van der Waals surface area contributed by atoms with Crippen molar-refractivity contribution in [1.29, 1.82) is 0 Å². The predicted molar refractivity (Wildman–Crippen MR) is 174 cm³/mol. The summed E-state index contributed by atoms with van der Waals surface area (Å²) in [6.45, 7) is 17.4. The van der Waals surface area contributed by atoms with Gasteiger partial charge in [0.2, 0.25) is 5.91 Å². The maximum atomic E-state index is 13.9. The third-order valence-electron chi connectivity index (χ3n) is 10.1. The highest BCUT2D eigenvalue weighted by atomic mass is 16.7. The molecule has 3 saturated carbocycles. The Bertz CT molecular complexity index is 1280. The Morgan fingerprint density at radius 2 is 1.82 bits per heavy atom. The zero-order valence-electron chi connectivity index (χ0n) is 28.0. The molecule has 45 heavy (non-hydrogen) atoms. The Hall–Kier alpha value is -3.19. The van der Waals surface area contributed by atoms with Crippen LogP contribution in [0.15, 0.2) is 29.3 Å². The number of amides is 2. The van der Waals surface area contributed by atoms with Crippen molar-refractivity contribution in [1.82, 2.24) is 16.1 Å². The van der Waals surface area contributed by atoms with Crippen LogP contribution in [0.5, 0.6) is 0 Å². The average Bonchev–Trinajstić information content (AvgIpc) is 3.30. The van der Waals surface area contributed by atoms with Crippen molar-refractivity contribution >= 4 is 24.9 Å². The normalized spacial score (nSPS) is 26.8. The largest absolute Gasteiger partial charge is 0.481 e. The van der Waals surface area contributed by atoms with E-state index in [2.05, 4.69) is 71.0 Å². The van der Waals surface area contributed by atoms with Crippen molar-refractivity contribution in [3.8, 4) is 0 Å². The van der Waals surface area contributed by atoms with E-state index in [9.17, 15) is 19.7 Å². The van der Waals surface area contributed by atoms with E-state index in [-0.39, 0.29) is 53.6 Å². The standard InChI is InChI=1S/C32H51BN6O6/c1-19(2)16-26(33-44-25-18-22-17-24(31(22,6)7)32(25,8)45-33)37-28(41)23(10-9-15-35-29(34)38-39(42)43)36-27(40)20-11-13-21(14-12-20)30(3,4)5/h11-14,19,22-26H,9-10,15-18H2,1-8H3,(H,36,40)(H,37,41)(H3,34,35,38)/t22-,23+,24-,25-,26+,32+/m1/s1. The molecule has 2 amide bonds. The summed E-state index contributed by atoms with van der Waals surface area (Å²) in [5.41, 5.74) is 8.60. The lowest BCUT2D eigenvalue weighted by molar-refractivity contribution is -0.525. The minimum absolute atomic E-state index is 0.0199. The van der Waals surface area contributed by atoms with Gasteiger partial charge in [0.15, 0.2) is 5.03 Å². The Labute approximate surface area is 267 Å². The highest BCUT2D eigenvalue weighted by Gasteiger charge is 2.68. The fourth-order valence-corrected chi connectivity index (χ4v) is 7.36. The number of benzene rings is 1. The molecule has 1 heterocycles. The van der Waals surface area contributed by atoms with Crippen molar-refractivity contribution in [2.75, 3.05) is 6.54 Å². The van der Waals surface area contributed by atoms with E-state index in [1.165, 1.54) is 0 Å². The van der Waals surface area contributed by atoms with Crippen molar-refractivity contribution in [2.24, 2.45) is 33.9 Å². The molecule has 1 aliphatic heterocycles. The zero-order valence-corrected chi connectivity index (χ0v) is 28.0. The number of rotatable bonds is 12. The highest BCUT2D eigenvalue weighted by Crippen LogP contribution is 2.65. The predicted octanol–water partition coefficient (Wildman–Crippen LogP) is 3.76. The van der Waals surface area contributed by atoms with Crippen LogP contribution < -0.4 is 21.8 Å². The van der Waals surface area contributed by atoms with Gasteiger partial charge in [-0.15, -0.1) is 0 Å². The summed E-state index contributed by atoms with van der Waals surface area (Å²) in [7, 11) is -0.597. The van der Waals surface area contributed by atoms with E-state index in [0.717, 1.165) is 18.4 Å². The topological polar surface area (TPSA) is 170 Å². The van der Waals surface area contributed by atoms with Gasteiger partial charge in [0.1, 0.15) is 6.04 Å². The van der Waals surface area contributed by atoms with Gasteiger partial charge < -0.3 is 25.7 Å². The monoisotopic (exact) mass is 626 g/mol. The number of nitrogens with one attached hydrogen (secondary N) is 3. The molecule has 13 heteroatoms. The minimum atomic E-state index is -0.889. The molecule has 0 unspecified atom stereocenters. The lowest BCUT2D eigenvalue weighted by atomic mass is 9.43. The first-order chi connectivity index (χ1) is 20.9. The molecular formula is C32H51BN6O6. The molecule has 0 spiro atoms. The van der Waals surface area contributed by atoms with Crippen molar-refractivity contribution in [3.63, 3.8) is 0 Å². The first kappa shape index (κ1) is 34.7. The van der Waals surface area contributed by atoms with E-state index >= 15 is 0 Å². The third kappa shape index (κ3) is 7.80. The number of guanidine groups is 1. The summed E-state index contributed by atoms with van der Waals surface area (Å²) in [5, 5.41) is 15.9. The maximum Gasteiger partial charge on any atom is 0.481 e. The van der Waals surface area contributed by atoms with Gasteiger partial charge in [-0.25, -0.2) is 15.1 Å². The molecule has 3 aliphatic carbocycles. The number of carbonyl (C=O) groups is 2. The van der Waals surface area contributed by atoms with Crippen LogP contribution in [0, 0.1) is 33.3 Å². The van der Waals surface area contributed by atoms with Gasteiger partial charge in [-0.2, -0.15) is 0 Å². The molecule has 0 aromatic heterocycles. The molecular weight excluding hydrogens is 575 g/mol. The Morgan fingerprint density at radius 3 is 2.40 bits per heavy atom. The molecule has 2 bridgehead atoms. The van der Waals surface area contributed by atoms with Gasteiger partial charge >= 0.3 is 7.12 Å². The van der Waals surface area contributed by atoms with Gasteiger partial charge in [0, 0.05) is 12.1 Å². The first-order valence-electron chi connectivity index (χ1n) is 16.2. The van der Waals surface area contributed by atoms with Crippen LogP contribution in [0.25, 0.3) is 0 Å². The number of carbonyl (C=O) groups excluding carboxylic acids is 2. The van der Waals surface area contributed by atoms with Crippen molar-refractivity contribution < 1.29 is 23.9 Å². The summed E-state index contributed by atoms with van der Waals surface area (Å²) in [4.78, 5) is 41.8. The molecule has 1 saturated heterocycles. The lowest BCUT2D eigenvalue weighted by Gasteiger charge is -2.64. The molecule has 12 nitrogen and oxygen atoms in total. The first-order valence-corrected chi connectivity index (χ1v) is 16.2. The maximum absolute atomic E-state index is 13.9. The summed E-state index contributed by atoms with van der Waals surface area (Å²) >= 11 is 0. The summed E-state index contributed by atoms with van der Waals surface area (Å²) in [6.07, 6.45) is 3.29. The Morgan fingerprint density at radius 1 is 1.16 bits per heavy atom. The highest BCUT2D eigenvalue weighted by molar-refractivity contribution is 6.48. The summed E-state index contributed by atoms with van der Waals surface area (Å²) in [5.74, 6) is -0.209. The van der Waals surface area contributed by atoms with Gasteiger partial charge in [0.05, 0.1) is 17.6 Å². The van der Waals surface area contributed by atoms with Crippen LogP contribution >= 0.6 is 0 Å². The summed E-state index contributed by atoms with van der Waals surface area (Å²) in [6, 6.07) is 6.47. The number of hydrogen-bond donors (Lipinski definition) is 4. The average molecular weight is 627 g/mol. The van der Waals surface area contributed by atoms with Gasteiger partial charge in [-0.1, -0.05) is 66.0 Å². The second-order valence-electron chi connectivity index (χ2n) is 15.2. The van der Waals surface area contributed by atoms with Crippen LogP contribution in [-0.2, 0) is 19.5 Å². The van der Waals surface area contributed by atoms with Crippen LogP contribution in [0.3, 0.4) is 0 Å². The Balaban J connectivity index is 1.49. The van der Waals surface area contributed by atoms with E-state index in [1.54, 1.807) is 17.6 Å². The molecule has 0 radical (unpaired) electrons. The number of hydrazine groups is 1. The van der Waals surface area contributed by atoms with E-state index in [1.807, 2.05) is 12.1 Å². The molecule has 1 aromatic rings. The quantitative estimate of drug-likeness (QED) is 0.0679. The van der Waals surface area contributed by atoms with Crippen LogP contribution in [0.1, 0.15) is 103 Å². The molecule has 6 atom stereocenters. The molecule has 5 N–H and O–H groups in total. The Kier molecular flexibility index (Phi) is 10.2. The van der Waals surface area contributed by atoms with Crippen molar-refractivity contribution in [2.45, 2.75) is 117 Å². The van der Waals surface area contributed by atoms with E-state index in [0.29, 0.717) is 30.2 Å². The van der Waals surface area contributed by atoms with Gasteiger partial charge in [0.25, 0.3) is 11.9 Å². The number of nitro groups is 1. The molecule has 1 aromatic carbocycles. The SMILES string of the molecule is CC(C)C[C@H](NC(=O)[C@H](CCCN=C(N)N[N+](=O)[O-])NC(=O)c1ccc(C(C)(C)C)cc1)B1O[C@@H]2C[C@H]3C[C@H](C3(C)C)[C@]2(C)O1. The van der Waals surface area contributed by atoms with E-state index < -0.39 is 29.7 Å². The number of aliphatic imine (C=N–C) groups is 1. The third-order valence-corrected chi connectivity index (χ3v) is 10.1. The number of nitrogens with two attached hydrogens (primary N) is 1. The smallest absolute Gasteiger partial charge is 0.404 e. The van der Waals surface area contributed by atoms with Crippen molar-refractivity contribution in [3.05, 3.63) is 45.5 Å². The number of nitrogens with zero attached hydrogens (tertiary/aromatic N) is 2. The molecule has 4 aliphatic rings. The van der Waals surface area contributed by atoms with Crippen LogP contribution in [0.2, 0.25) is 0 Å². The second-order valence-corrected chi connectivity index (χ2v) is 15.2. The fraction of sp³-hybridized carbons (Fsp3) is 0.719. The minimum Gasteiger partial charge on any atom is -0.404 e. The summed E-state index contributed by atoms with van der Waals surface area (Å²) < 4.78 is 13.2. The van der Waals surface area contributed by atoms with Gasteiger partial charge in [-0.05, 0) is 85.3 Å². The zero-order chi connectivity index (χ0) is 33.3. The van der Waals surface area contributed by atoms with Gasteiger partial charge in [-0.3, -0.25) is 9.59 Å². The van der Waals surface area contributed by atoms with Crippen LogP contribution in [0.4, 0.5) is 0 Å². The molecule has 4 fully saturated rings. The lowest BCUT2D eigenvalue weighted by Crippen LogP contribution is -2.65. The molecule has 5 rings (SSSR count). The van der Waals surface area contributed by atoms with Crippen LogP contribution in [-0.4, -0.2) is 60.2 Å². The second kappa shape index (κ2) is 13.3. The number of hydrogen-bond acceptors (Lipinski definition) is 7.